The molecule has 1 fully saturated rings. The lowest BCUT2D eigenvalue weighted by molar-refractivity contribution is -0.142. The van der Waals surface area contributed by atoms with E-state index in [-0.39, 0.29) is 25.0 Å². The van der Waals surface area contributed by atoms with Gasteiger partial charge in [0.05, 0.1) is 18.6 Å². The normalized spacial score (nSPS) is 22.8. The van der Waals surface area contributed by atoms with Crippen molar-refractivity contribution in [1.29, 1.82) is 0 Å². The molecule has 2 aromatic carbocycles. The Hall–Kier alpha value is -2.17. The van der Waals surface area contributed by atoms with Crippen LogP contribution in [0, 0.1) is 5.41 Å². The molecule has 0 bridgehead atoms. The second-order valence-electron chi connectivity index (χ2n) is 7.57. The van der Waals surface area contributed by atoms with Gasteiger partial charge in [-0.3, -0.25) is 4.79 Å². The van der Waals surface area contributed by atoms with Crippen molar-refractivity contribution in [3.8, 4) is 0 Å². The molecule has 0 aliphatic carbocycles. The van der Waals surface area contributed by atoms with E-state index in [0.29, 0.717) is 13.0 Å². The Morgan fingerprint density at radius 2 is 1.67 bits per heavy atom. The van der Waals surface area contributed by atoms with Crippen molar-refractivity contribution in [1.82, 2.24) is 4.90 Å². The number of aliphatic hydroxyl groups excluding tert-OH is 2. The van der Waals surface area contributed by atoms with Gasteiger partial charge in [0.2, 0.25) is 5.91 Å². The first-order valence-corrected chi connectivity index (χ1v) is 9.79. The summed E-state index contributed by atoms with van der Waals surface area (Å²) < 4.78 is 0. The standard InChI is InChI=1S/C23H29NO3/c1-2-13-23(17-25)14-15-24(16-20(23)26)22(27)21(18-9-5-3-6-10-18)19-11-7-4-8-12-19/h3-12,20-21,25-26H,2,13-17H2,1H3/t20-,23-/m1/s1. The van der Waals surface area contributed by atoms with E-state index < -0.39 is 11.5 Å². The van der Waals surface area contributed by atoms with Gasteiger partial charge in [-0.1, -0.05) is 74.0 Å². The summed E-state index contributed by atoms with van der Waals surface area (Å²) in [6, 6.07) is 19.6. The zero-order chi connectivity index (χ0) is 19.3. The molecule has 4 heteroatoms. The van der Waals surface area contributed by atoms with Crippen molar-refractivity contribution in [2.45, 2.75) is 38.2 Å². The molecule has 0 spiro atoms. The first-order chi connectivity index (χ1) is 13.1. The van der Waals surface area contributed by atoms with Crippen LogP contribution in [0.1, 0.15) is 43.2 Å². The van der Waals surface area contributed by atoms with E-state index in [1.165, 1.54) is 0 Å². The molecule has 2 atom stereocenters. The Morgan fingerprint density at radius 1 is 1.11 bits per heavy atom. The molecular formula is C23H29NO3. The summed E-state index contributed by atoms with van der Waals surface area (Å²) in [5.74, 6) is -0.373. The third-order valence-electron chi connectivity index (χ3n) is 5.87. The van der Waals surface area contributed by atoms with Gasteiger partial charge in [-0.2, -0.15) is 0 Å². The molecule has 2 aromatic rings. The minimum absolute atomic E-state index is 0.00879. The molecule has 1 aliphatic heterocycles. The number of hydrogen-bond donors (Lipinski definition) is 2. The van der Waals surface area contributed by atoms with Crippen molar-refractivity contribution in [3.63, 3.8) is 0 Å². The fraction of sp³-hybridized carbons (Fsp3) is 0.435. The van der Waals surface area contributed by atoms with Crippen LogP contribution in [-0.4, -0.2) is 46.8 Å². The average Bonchev–Trinajstić information content (AvgIpc) is 2.71. The zero-order valence-electron chi connectivity index (χ0n) is 15.9. The summed E-state index contributed by atoms with van der Waals surface area (Å²) >= 11 is 0. The molecule has 1 amide bonds. The predicted molar refractivity (Wildman–Crippen MR) is 106 cm³/mol. The van der Waals surface area contributed by atoms with Crippen LogP contribution >= 0.6 is 0 Å². The second-order valence-corrected chi connectivity index (χ2v) is 7.57. The summed E-state index contributed by atoms with van der Waals surface area (Å²) in [6.45, 7) is 2.86. The maximum atomic E-state index is 13.5. The average molecular weight is 367 g/mol. The fourth-order valence-corrected chi connectivity index (χ4v) is 4.22. The molecule has 1 aliphatic rings. The molecule has 144 valence electrons. The summed E-state index contributed by atoms with van der Waals surface area (Å²) in [4.78, 5) is 15.2. The lowest BCUT2D eigenvalue weighted by Gasteiger charge is -2.45. The topological polar surface area (TPSA) is 60.8 Å². The van der Waals surface area contributed by atoms with E-state index in [1.54, 1.807) is 4.90 Å². The Kier molecular flexibility index (Phi) is 6.30. The number of nitrogens with zero attached hydrogens (tertiary/aromatic N) is 1. The Bertz CT molecular complexity index is 694. The molecule has 3 rings (SSSR count). The van der Waals surface area contributed by atoms with Gasteiger partial charge in [0.15, 0.2) is 0 Å². The van der Waals surface area contributed by atoms with Gasteiger partial charge in [-0.05, 0) is 24.0 Å². The van der Waals surface area contributed by atoms with Crippen LogP contribution in [0.3, 0.4) is 0 Å². The number of benzene rings is 2. The number of hydrogen-bond acceptors (Lipinski definition) is 3. The fourth-order valence-electron chi connectivity index (χ4n) is 4.22. The Balaban J connectivity index is 1.86. The Morgan fingerprint density at radius 3 is 2.11 bits per heavy atom. The number of piperidine rings is 1. The minimum atomic E-state index is -0.702. The van der Waals surface area contributed by atoms with Crippen molar-refractivity contribution in [2.24, 2.45) is 5.41 Å². The number of β-amino-alcohol motifs (C(OH)–C–C–N with tert-alkyl or cyclic N) is 1. The van der Waals surface area contributed by atoms with E-state index in [2.05, 4.69) is 6.92 Å². The number of aliphatic hydroxyl groups is 2. The molecule has 0 radical (unpaired) electrons. The molecule has 0 aromatic heterocycles. The van der Waals surface area contributed by atoms with E-state index in [1.807, 2.05) is 60.7 Å². The third kappa shape index (κ3) is 4.07. The van der Waals surface area contributed by atoms with Gasteiger partial charge in [0, 0.05) is 18.5 Å². The van der Waals surface area contributed by atoms with Crippen LogP contribution in [0.2, 0.25) is 0 Å². The second kappa shape index (κ2) is 8.68. The lowest BCUT2D eigenvalue weighted by atomic mass is 9.73. The van der Waals surface area contributed by atoms with Crippen LogP contribution in [0.5, 0.6) is 0 Å². The largest absolute Gasteiger partial charge is 0.396 e. The number of carbonyl (C=O) groups is 1. The summed E-state index contributed by atoms with van der Waals surface area (Å²) in [7, 11) is 0. The van der Waals surface area contributed by atoms with Crippen LogP contribution in [0.15, 0.2) is 60.7 Å². The van der Waals surface area contributed by atoms with Crippen molar-refractivity contribution < 1.29 is 15.0 Å². The number of carbonyl (C=O) groups excluding carboxylic acids is 1. The van der Waals surface area contributed by atoms with Crippen molar-refractivity contribution in [3.05, 3.63) is 71.8 Å². The molecule has 4 nitrogen and oxygen atoms in total. The molecule has 1 saturated heterocycles. The highest BCUT2D eigenvalue weighted by Gasteiger charge is 2.43. The minimum Gasteiger partial charge on any atom is -0.396 e. The maximum absolute atomic E-state index is 13.5. The molecular weight excluding hydrogens is 338 g/mol. The maximum Gasteiger partial charge on any atom is 0.234 e. The predicted octanol–water partition coefficient (Wildman–Crippen LogP) is 3.19. The van der Waals surface area contributed by atoms with Crippen molar-refractivity contribution >= 4 is 5.91 Å². The van der Waals surface area contributed by atoms with E-state index in [9.17, 15) is 15.0 Å². The third-order valence-corrected chi connectivity index (χ3v) is 5.87. The first-order valence-electron chi connectivity index (χ1n) is 9.79. The van der Waals surface area contributed by atoms with Gasteiger partial charge in [-0.15, -0.1) is 0 Å². The van der Waals surface area contributed by atoms with Crippen LogP contribution in [0.4, 0.5) is 0 Å². The van der Waals surface area contributed by atoms with Gasteiger partial charge in [-0.25, -0.2) is 0 Å². The van der Waals surface area contributed by atoms with Gasteiger partial charge < -0.3 is 15.1 Å². The van der Waals surface area contributed by atoms with Gasteiger partial charge >= 0.3 is 0 Å². The quantitative estimate of drug-likeness (QED) is 0.824. The van der Waals surface area contributed by atoms with Crippen LogP contribution in [0.25, 0.3) is 0 Å². The Labute approximate surface area is 161 Å². The number of likely N-dealkylation sites (tertiary alicyclic amines) is 1. The zero-order valence-corrected chi connectivity index (χ0v) is 15.9. The van der Waals surface area contributed by atoms with Gasteiger partial charge in [0.25, 0.3) is 0 Å². The summed E-state index contributed by atoms with van der Waals surface area (Å²) in [5.41, 5.74) is 1.42. The highest BCUT2D eigenvalue weighted by atomic mass is 16.3. The molecule has 0 unspecified atom stereocenters. The number of amides is 1. The first kappa shape index (κ1) is 19.6. The molecule has 2 N–H and O–H groups in total. The SMILES string of the molecule is CCC[C@]1(CO)CCN(C(=O)C(c2ccccc2)c2ccccc2)C[C@H]1O. The molecule has 1 heterocycles. The molecule has 0 saturated carbocycles. The van der Waals surface area contributed by atoms with E-state index in [4.69, 9.17) is 0 Å². The van der Waals surface area contributed by atoms with E-state index >= 15 is 0 Å². The number of rotatable bonds is 6. The van der Waals surface area contributed by atoms with Gasteiger partial charge in [0.1, 0.15) is 0 Å². The molecule has 27 heavy (non-hydrogen) atoms. The summed E-state index contributed by atoms with van der Waals surface area (Å²) in [5, 5.41) is 20.6. The van der Waals surface area contributed by atoms with Crippen LogP contribution in [-0.2, 0) is 4.79 Å². The highest BCUT2D eigenvalue weighted by Crippen LogP contribution is 2.37. The smallest absolute Gasteiger partial charge is 0.234 e. The van der Waals surface area contributed by atoms with Crippen molar-refractivity contribution in [2.75, 3.05) is 19.7 Å². The monoisotopic (exact) mass is 367 g/mol. The lowest BCUT2D eigenvalue weighted by Crippen LogP contribution is -2.55. The summed E-state index contributed by atoms with van der Waals surface area (Å²) in [6.07, 6.45) is 1.60. The van der Waals surface area contributed by atoms with E-state index in [0.717, 1.165) is 24.0 Å². The van der Waals surface area contributed by atoms with Crippen LogP contribution < -0.4 is 0 Å². The highest BCUT2D eigenvalue weighted by molar-refractivity contribution is 5.87.